The van der Waals surface area contributed by atoms with Crippen molar-refractivity contribution in [1.82, 2.24) is 10.2 Å². The van der Waals surface area contributed by atoms with Gasteiger partial charge in [0.2, 0.25) is 0 Å². The third-order valence-electron chi connectivity index (χ3n) is 3.98. The van der Waals surface area contributed by atoms with Crippen molar-refractivity contribution in [3.8, 4) is 0 Å². The van der Waals surface area contributed by atoms with Crippen LogP contribution in [0.4, 0.5) is 0 Å². The molecule has 0 atom stereocenters. The molecule has 1 aliphatic rings. The summed E-state index contributed by atoms with van der Waals surface area (Å²) >= 11 is 1.96. The van der Waals surface area contributed by atoms with Gasteiger partial charge in [-0.15, -0.1) is 11.3 Å². The lowest BCUT2D eigenvalue weighted by molar-refractivity contribution is 0.268. The highest BCUT2D eigenvalue weighted by Crippen LogP contribution is 2.31. The lowest BCUT2D eigenvalue weighted by Gasteiger charge is -2.19. The molecular weight excluding hydrogens is 264 g/mol. The predicted molar refractivity (Wildman–Crippen MR) is 89.3 cm³/mol. The van der Waals surface area contributed by atoms with E-state index in [-0.39, 0.29) is 0 Å². The van der Waals surface area contributed by atoms with Crippen molar-refractivity contribution in [1.29, 1.82) is 0 Å². The minimum absolute atomic E-state index is 0.727. The van der Waals surface area contributed by atoms with Gasteiger partial charge in [0.25, 0.3) is 0 Å². The zero-order chi connectivity index (χ0) is 14.5. The van der Waals surface area contributed by atoms with E-state index in [1.54, 1.807) is 5.56 Å². The molecule has 0 radical (unpaired) electrons. The van der Waals surface area contributed by atoms with E-state index < -0.39 is 0 Å². The molecule has 0 unspecified atom stereocenters. The average Bonchev–Trinajstić information content (AvgIpc) is 3.13. The summed E-state index contributed by atoms with van der Waals surface area (Å²) in [6.07, 6.45) is 2.90. The fourth-order valence-electron chi connectivity index (χ4n) is 2.53. The molecule has 1 aliphatic carbocycles. The Morgan fingerprint density at radius 1 is 1.40 bits per heavy atom. The van der Waals surface area contributed by atoms with Crippen molar-refractivity contribution in [2.45, 2.75) is 53.6 Å². The number of aryl methyl sites for hydroxylation is 1. The van der Waals surface area contributed by atoms with Gasteiger partial charge in [0.15, 0.2) is 0 Å². The summed E-state index contributed by atoms with van der Waals surface area (Å²) in [6, 6.07) is 2.42. The van der Waals surface area contributed by atoms with Crippen molar-refractivity contribution in [2.75, 3.05) is 19.6 Å². The van der Waals surface area contributed by atoms with E-state index in [0.29, 0.717) is 0 Å². The van der Waals surface area contributed by atoms with E-state index in [1.807, 2.05) is 11.3 Å². The predicted octanol–water partition coefficient (Wildman–Crippen LogP) is 4.03. The first kappa shape index (κ1) is 16.0. The molecule has 1 saturated carbocycles. The zero-order valence-electron chi connectivity index (χ0n) is 13.5. The molecule has 114 valence electrons. The largest absolute Gasteiger partial charge is 0.312 e. The van der Waals surface area contributed by atoms with Crippen LogP contribution < -0.4 is 5.32 Å². The monoisotopic (exact) mass is 294 g/mol. The molecule has 1 fully saturated rings. The Kier molecular flexibility index (Phi) is 6.06. The highest BCUT2D eigenvalue weighted by Gasteiger charge is 2.24. The van der Waals surface area contributed by atoms with E-state index in [1.165, 1.54) is 35.7 Å². The second kappa shape index (κ2) is 7.58. The molecule has 1 aromatic rings. The Balaban J connectivity index is 1.85. The van der Waals surface area contributed by atoms with Gasteiger partial charge in [-0.05, 0) is 56.3 Å². The second-order valence-corrected chi connectivity index (χ2v) is 7.93. The topological polar surface area (TPSA) is 15.3 Å². The molecule has 1 aromatic heterocycles. The molecule has 0 spiro atoms. The lowest BCUT2D eigenvalue weighted by atomic mass is 10.2. The van der Waals surface area contributed by atoms with Crippen LogP contribution in [0, 0.1) is 18.8 Å². The van der Waals surface area contributed by atoms with Crippen LogP contribution in [-0.4, -0.2) is 24.5 Å². The molecule has 1 N–H and O–H groups in total. The van der Waals surface area contributed by atoms with Crippen LogP contribution in [0.3, 0.4) is 0 Å². The Hall–Kier alpha value is -0.380. The third-order valence-corrected chi connectivity index (χ3v) is 5.07. The fourth-order valence-corrected chi connectivity index (χ4v) is 3.55. The molecule has 0 saturated heterocycles. The Labute approximate surface area is 128 Å². The summed E-state index contributed by atoms with van der Waals surface area (Å²) in [5, 5.41) is 3.55. The average molecular weight is 295 g/mol. The van der Waals surface area contributed by atoms with Crippen LogP contribution in [0.2, 0.25) is 0 Å². The van der Waals surface area contributed by atoms with Gasteiger partial charge in [-0.1, -0.05) is 20.8 Å². The highest BCUT2D eigenvalue weighted by molar-refractivity contribution is 7.12. The third kappa shape index (κ3) is 5.19. The number of hydrogen-bond acceptors (Lipinski definition) is 3. The highest BCUT2D eigenvalue weighted by atomic mass is 32.1. The van der Waals surface area contributed by atoms with E-state index in [2.05, 4.69) is 44.0 Å². The minimum Gasteiger partial charge on any atom is -0.312 e. The molecule has 3 heteroatoms. The lowest BCUT2D eigenvalue weighted by Crippen LogP contribution is -2.25. The Bertz CT molecular complexity index is 407. The fraction of sp³-hybridized carbons (Fsp3) is 0.765. The first-order valence-corrected chi connectivity index (χ1v) is 8.91. The van der Waals surface area contributed by atoms with Crippen LogP contribution in [0.5, 0.6) is 0 Å². The molecule has 20 heavy (non-hydrogen) atoms. The smallest absolute Gasteiger partial charge is 0.0300 e. The van der Waals surface area contributed by atoms with Crippen LogP contribution in [0.1, 0.15) is 48.9 Å². The summed E-state index contributed by atoms with van der Waals surface area (Å²) in [5.74, 6) is 1.71. The molecule has 0 aromatic carbocycles. The van der Waals surface area contributed by atoms with E-state index in [9.17, 15) is 0 Å². The number of nitrogens with zero attached hydrogens (tertiary/aromatic N) is 1. The maximum absolute atomic E-state index is 3.55. The SMILES string of the molecule is CCN(Cc1cc(CNCC(C)C)sc1C)CC1CC1. The van der Waals surface area contributed by atoms with E-state index in [4.69, 9.17) is 0 Å². The van der Waals surface area contributed by atoms with Gasteiger partial charge in [-0.3, -0.25) is 4.90 Å². The standard InChI is InChI=1S/C17H30N2S/c1-5-19(11-15-6-7-15)12-16-8-17(20-14(16)4)10-18-9-13(2)3/h8,13,15,18H,5-7,9-12H2,1-4H3. The van der Waals surface area contributed by atoms with Gasteiger partial charge in [-0.25, -0.2) is 0 Å². The van der Waals surface area contributed by atoms with Gasteiger partial charge in [0.05, 0.1) is 0 Å². The Morgan fingerprint density at radius 3 is 2.75 bits per heavy atom. The molecule has 1 heterocycles. The normalized spacial score (nSPS) is 15.5. The van der Waals surface area contributed by atoms with Gasteiger partial charge in [-0.2, -0.15) is 0 Å². The van der Waals surface area contributed by atoms with Crippen LogP contribution in [0.25, 0.3) is 0 Å². The zero-order valence-corrected chi connectivity index (χ0v) is 14.4. The van der Waals surface area contributed by atoms with Crippen molar-refractivity contribution in [3.05, 3.63) is 21.4 Å². The first-order chi connectivity index (χ1) is 9.58. The van der Waals surface area contributed by atoms with E-state index >= 15 is 0 Å². The van der Waals surface area contributed by atoms with Crippen LogP contribution in [-0.2, 0) is 13.1 Å². The molecule has 0 amide bonds. The minimum atomic E-state index is 0.727. The number of rotatable bonds is 9. The molecule has 0 bridgehead atoms. The second-order valence-electron chi connectivity index (χ2n) is 6.59. The van der Waals surface area contributed by atoms with Gasteiger partial charge < -0.3 is 5.32 Å². The van der Waals surface area contributed by atoms with Crippen LogP contribution in [0.15, 0.2) is 6.07 Å². The summed E-state index contributed by atoms with van der Waals surface area (Å²) in [6.45, 7) is 14.8. The quantitative estimate of drug-likeness (QED) is 0.739. The molecule has 2 nitrogen and oxygen atoms in total. The summed E-state index contributed by atoms with van der Waals surface area (Å²) in [7, 11) is 0. The van der Waals surface area contributed by atoms with E-state index in [0.717, 1.165) is 31.5 Å². The van der Waals surface area contributed by atoms with Gasteiger partial charge >= 0.3 is 0 Å². The maximum Gasteiger partial charge on any atom is 0.0300 e. The van der Waals surface area contributed by atoms with Crippen molar-refractivity contribution < 1.29 is 0 Å². The first-order valence-electron chi connectivity index (χ1n) is 8.09. The maximum atomic E-state index is 3.55. The summed E-state index contributed by atoms with van der Waals surface area (Å²) < 4.78 is 0. The van der Waals surface area contributed by atoms with Gasteiger partial charge in [0, 0.05) is 29.4 Å². The number of thiophene rings is 1. The Morgan fingerprint density at radius 2 is 2.15 bits per heavy atom. The molecule has 2 rings (SSSR count). The van der Waals surface area contributed by atoms with Crippen molar-refractivity contribution >= 4 is 11.3 Å². The van der Waals surface area contributed by atoms with Crippen molar-refractivity contribution in [3.63, 3.8) is 0 Å². The van der Waals surface area contributed by atoms with Crippen LogP contribution >= 0.6 is 11.3 Å². The summed E-state index contributed by atoms with van der Waals surface area (Å²) in [4.78, 5) is 5.60. The molecular formula is C17H30N2S. The number of hydrogen-bond donors (Lipinski definition) is 1. The number of nitrogens with one attached hydrogen (secondary N) is 1. The van der Waals surface area contributed by atoms with Gasteiger partial charge in [0.1, 0.15) is 0 Å². The summed E-state index contributed by atoms with van der Waals surface area (Å²) in [5.41, 5.74) is 1.54. The molecule has 0 aliphatic heterocycles. The van der Waals surface area contributed by atoms with Crippen molar-refractivity contribution in [2.24, 2.45) is 11.8 Å².